The van der Waals surface area contributed by atoms with E-state index < -0.39 is 75.9 Å². The molecule has 0 aromatic heterocycles. The molecule has 0 aliphatic carbocycles. The molecule has 0 fully saturated rings. The zero-order valence-corrected chi connectivity index (χ0v) is 32.9. The van der Waals surface area contributed by atoms with Gasteiger partial charge in [-0.15, -0.1) is 0 Å². The molecule has 0 spiro atoms. The minimum absolute atomic E-state index is 0.0348. The van der Waals surface area contributed by atoms with Crippen molar-refractivity contribution in [3.05, 3.63) is 47.5 Å². The van der Waals surface area contributed by atoms with E-state index >= 15 is 0 Å². The number of carbonyl (C=O) groups is 6. The number of amides is 4. The average Bonchev–Trinajstić information content (AvgIpc) is 2.97. The molecule has 0 aliphatic heterocycles. The Hall–Kier alpha value is -4.42. The number of rotatable bonds is 14. The maximum absolute atomic E-state index is 14.3. The lowest BCUT2D eigenvalue weighted by Gasteiger charge is -2.42. The minimum atomic E-state index is -1.33. The van der Waals surface area contributed by atoms with Crippen LogP contribution in [0.15, 0.2) is 42.0 Å². The van der Waals surface area contributed by atoms with E-state index in [2.05, 4.69) is 10.6 Å². The van der Waals surface area contributed by atoms with Crippen molar-refractivity contribution >= 4 is 35.8 Å². The van der Waals surface area contributed by atoms with Gasteiger partial charge in [-0.25, -0.2) is 9.59 Å². The number of carboxylic acid groups (broad SMARTS) is 1. The summed E-state index contributed by atoms with van der Waals surface area (Å²) in [5, 5.41) is 14.9. The third kappa shape index (κ3) is 14.4. The maximum atomic E-state index is 14.3. The molecular weight excluding hydrogens is 656 g/mol. The molecule has 13 heteroatoms. The third-order valence-electron chi connectivity index (χ3n) is 7.98. The first-order chi connectivity index (χ1) is 23.1. The van der Waals surface area contributed by atoms with Crippen LogP contribution < -0.4 is 10.6 Å². The fourth-order valence-electron chi connectivity index (χ4n) is 5.18. The summed E-state index contributed by atoms with van der Waals surface area (Å²) in [5.41, 5.74) is -2.28. The summed E-state index contributed by atoms with van der Waals surface area (Å²) in [4.78, 5) is 80.8. The molecule has 0 bridgehead atoms. The van der Waals surface area contributed by atoms with Gasteiger partial charge in [0.15, 0.2) is 0 Å². The van der Waals surface area contributed by atoms with Crippen LogP contribution in [-0.4, -0.2) is 101 Å². The van der Waals surface area contributed by atoms with Gasteiger partial charge in [0, 0.05) is 38.0 Å². The molecule has 51 heavy (non-hydrogen) atoms. The van der Waals surface area contributed by atoms with Crippen LogP contribution in [0.4, 0.5) is 4.79 Å². The van der Waals surface area contributed by atoms with Gasteiger partial charge in [0.25, 0.3) is 0 Å². The number of hydrogen-bond acceptors (Lipinski definition) is 8. The first kappa shape index (κ1) is 44.6. The molecule has 0 radical (unpaired) electrons. The Labute approximate surface area is 303 Å². The lowest BCUT2D eigenvalue weighted by atomic mass is 9.76. The quantitative estimate of drug-likeness (QED) is 0.180. The number of ether oxygens (including phenoxy) is 2. The van der Waals surface area contributed by atoms with E-state index in [-0.39, 0.29) is 25.0 Å². The molecule has 0 aliphatic rings. The van der Waals surface area contributed by atoms with Gasteiger partial charge >= 0.3 is 18.0 Å². The van der Waals surface area contributed by atoms with Crippen molar-refractivity contribution in [3.8, 4) is 0 Å². The molecule has 0 saturated heterocycles. The number of aliphatic carboxylic acids is 1. The number of carbonyl (C=O) groups excluding carboxylic acids is 5. The molecule has 0 saturated carbocycles. The Kier molecular flexibility index (Phi) is 15.5. The Morgan fingerprint density at radius 3 is 1.82 bits per heavy atom. The van der Waals surface area contributed by atoms with Crippen molar-refractivity contribution in [1.82, 2.24) is 20.4 Å². The zero-order valence-electron chi connectivity index (χ0n) is 32.9. The number of esters is 1. The Morgan fingerprint density at radius 2 is 1.35 bits per heavy atom. The van der Waals surface area contributed by atoms with E-state index in [0.717, 1.165) is 5.56 Å². The largest absolute Gasteiger partial charge is 0.480 e. The summed E-state index contributed by atoms with van der Waals surface area (Å²) in [5.74, 6) is -3.57. The Morgan fingerprint density at radius 1 is 0.824 bits per heavy atom. The van der Waals surface area contributed by atoms with Gasteiger partial charge in [0.2, 0.25) is 17.7 Å². The van der Waals surface area contributed by atoms with Crippen molar-refractivity contribution in [2.24, 2.45) is 5.41 Å². The van der Waals surface area contributed by atoms with Crippen molar-refractivity contribution in [2.45, 2.75) is 131 Å². The van der Waals surface area contributed by atoms with Gasteiger partial charge in [-0.2, -0.15) is 0 Å². The van der Waals surface area contributed by atoms with E-state index in [1.165, 1.54) is 36.9 Å². The highest BCUT2D eigenvalue weighted by molar-refractivity contribution is 5.96. The Bertz CT molecular complexity index is 1430. The molecule has 1 aromatic rings. The van der Waals surface area contributed by atoms with Crippen molar-refractivity contribution in [3.63, 3.8) is 0 Å². The van der Waals surface area contributed by atoms with Crippen LogP contribution in [-0.2, 0) is 38.9 Å². The van der Waals surface area contributed by atoms with E-state index in [4.69, 9.17) is 9.47 Å². The SMILES string of the molecule is C/C(=C\CN(C)C(=O)C(NC(=O)[C@@H](N(C)C(=O)OC(C)(C)C)C(C)(C)c1ccccc1)C(C)(C)C)C(=O)N[C@@H](CCC(=O)OC(C)(C)C)C(=O)O. The van der Waals surface area contributed by atoms with E-state index in [1.807, 2.05) is 44.2 Å². The van der Waals surface area contributed by atoms with Gasteiger partial charge in [-0.3, -0.25) is 24.1 Å². The molecule has 13 nitrogen and oxygen atoms in total. The van der Waals surface area contributed by atoms with E-state index in [1.54, 1.807) is 62.3 Å². The summed E-state index contributed by atoms with van der Waals surface area (Å²) in [6.45, 7) is 20.8. The van der Waals surface area contributed by atoms with Gasteiger partial charge in [-0.1, -0.05) is 71.0 Å². The first-order valence-corrected chi connectivity index (χ1v) is 17.1. The van der Waals surface area contributed by atoms with Crippen LogP contribution in [0.3, 0.4) is 0 Å². The monoisotopic (exact) mass is 716 g/mol. The predicted octanol–water partition coefficient (Wildman–Crippen LogP) is 4.83. The van der Waals surface area contributed by atoms with Gasteiger partial charge < -0.3 is 30.1 Å². The van der Waals surface area contributed by atoms with Gasteiger partial charge in [-0.05, 0) is 65.9 Å². The fraction of sp³-hybridized carbons (Fsp3) is 0.632. The lowest BCUT2D eigenvalue weighted by Crippen LogP contribution is -2.62. The van der Waals surface area contributed by atoms with Crippen LogP contribution in [0.2, 0.25) is 0 Å². The number of likely N-dealkylation sites (N-methyl/N-ethyl adjacent to an activating group) is 2. The third-order valence-corrected chi connectivity index (χ3v) is 7.98. The first-order valence-electron chi connectivity index (χ1n) is 17.1. The predicted molar refractivity (Wildman–Crippen MR) is 195 cm³/mol. The summed E-state index contributed by atoms with van der Waals surface area (Å²) in [6, 6.07) is 5.83. The average molecular weight is 717 g/mol. The lowest BCUT2D eigenvalue weighted by molar-refractivity contribution is -0.155. The molecule has 4 amide bonds. The topological polar surface area (TPSA) is 172 Å². The number of hydrogen-bond donors (Lipinski definition) is 3. The standard InChI is InChI=1S/C38H60N4O9/c1-24(30(44)39-26(33(47)48)20-21-27(43)50-36(5,6)7)22-23-41(13)32(46)28(35(2,3)4)40-31(45)29(42(14)34(49)51-37(8,9)10)38(11,12)25-18-16-15-17-19-25/h15-19,22,26,28-29H,20-21,23H2,1-14H3,(H,39,44)(H,40,45)(H,47,48)/b24-22+/t26-,28?,29+/m0/s1. The molecule has 1 unspecified atom stereocenters. The second-order valence-corrected chi connectivity index (χ2v) is 16.5. The van der Waals surface area contributed by atoms with Crippen LogP contribution in [0.25, 0.3) is 0 Å². The molecule has 1 aromatic carbocycles. The highest BCUT2D eigenvalue weighted by Gasteiger charge is 2.45. The summed E-state index contributed by atoms with van der Waals surface area (Å²) in [7, 11) is 3.02. The summed E-state index contributed by atoms with van der Waals surface area (Å²) >= 11 is 0. The molecule has 1 rings (SSSR count). The normalized spacial score (nSPS) is 14.4. The Balaban J connectivity index is 3.24. The summed E-state index contributed by atoms with van der Waals surface area (Å²) < 4.78 is 10.8. The maximum Gasteiger partial charge on any atom is 0.410 e. The van der Waals surface area contributed by atoms with E-state index in [9.17, 15) is 33.9 Å². The highest BCUT2D eigenvalue weighted by atomic mass is 16.6. The van der Waals surface area contributed by atoms with Gasteiger partial charge in [0.05, 0.1) is 0 Å². The number of carboxylic acids is 1. The van der Waals surface area contributed by atoms with Crippen LogP contribution in [0.5, 0.6) is 0 Å². The van der Waals surface area contributed by atoms with Crippen LogP contribution in [0, 0.1) is 5.41 Å². The molecule has 286 valence electrons. The smallest absolute Gasteiger partial charge is 0.410 e. The highest BCUT2D eigenvalue weighted by Crippen LogP contribution is 2.32. The molecule has 3 N–H and O–H groups in total. The molecule has 3 atom stereocenters. The summed E-state index contributed by atoms with van der Waals surface area (Å²) in [6.07, 6.45) is 0.404. The zero-order chi connectivity index (χ0) is 39.7. The van der Waals surface area contributed by atoms with Crippen LogP contribution in [0.1, 0.15) is 101 Å². The van der Waals surface area contributed by atoms with Crippen molar-refractivity contribution in [2.75, 3.05) is 20.6 Å². The molecular formula is C38H60N4O9. The van der Waals surface area contributed by atoms with Gasteiger partial charge in [0.1, 0.15) is 29.3 Å². The van der Waals surface area contributed by atoms with Crippen LogP contribution >= 0.6 is 0 Å². The second-order valence-electron chi connectivity index (χ2n) is 16.5. The molecule has 0 heterocycles. The number of nitrogens with zero attached hydrogens (tertiary/aromatic N) is 2. The number of benzene rings is 1. The minimum Gasteiger partial charge on any atom is -0.480 e. The van der Waals surface area contributed by atoms with Crippen molar-refractivity contribution in [1.29, 1.82) is 0 Å². The second kappa shape index (κ2) is 17.7. The van der Waals surface area contributed by atoms with E-state index in [0.29, 0.717) is 0 Å². The fourth-order valence-corrected chi connectivity index (χ4v) is 5.18. The van der Waals surface area contributed by atoms with Crippen molar-refractivity contribution < 1.29 is 43.3 Å². The number of nitrogens with one attached hydrogen (secondary N) is 2.